The number of nitrogens with two attached hydrogens (primary N) is 1. The molecule has 0 saturated carbocycles. The molecular weight excluding hydrogens is 280 g/mol. The number of primary amides is 1. The van der Waals surface area contributed by atoms with Crippen LogP contribution in [0.2, 0.25) is 0 Å². The lowest BCUT2D eigenvalue weighted by Gasteiger charge is -2.16. The van der Waals surface area contributed by atoms with Crippen molar-refractivity contribution in [1.82, 2.24) is 0 Å². The van der Waals surface area contributed by atoms with Gasteiger partial charge in [0.15, 0.2) is 0 Å². The van der Waals surface area contributed by atoms with Crippen molar-refractivity contribution in [2.75, 3.05) is 17.6 Å². The quantitative estimate of drug-likeness (QED) is 0.770. The first-order valence-electron chi connectivity index (χ1n) is 6.96. The maximum atomic E-state index is 10.9. The summed E-state index contributed by atoms with van der Waals surface area (Å²) in [7, 11) is 0. The van der Waals surface area contributed by atoms with Crippen LogP contribution >= 0.6 is 11.8 Å². The van der Waals surface area contributed by atoms with Gasteiger partial charge in [-0.05, 0) is 23.6 Å². The van der Waals surface area contributed by atoms with Crippen LogP contribution in [0.1, 0.15) is 18.4 Å². The molecule has 1 atom stereocenters. The molecule has 0 aliphatic heterocycles. The van der Waals surface area contributed by atoms with Crippen LogP contribution in [0.3, 0.4) is 0 Å². The molecular formula is C17H20N2OS. The lowest BCUT2D eigenvalue weighted by atomic mass is 10.0. The lowest BCUT2D eigenvalue weighted by molar-refractivity contribution is -0.115. The van der Waals surface area contributed by atoms with Gasteiger partial charge in [0.05, 0.1) is 5.75 Å². The predicted molar refractivity (Wildman–Crippen MR) is 89.7 cm³/mol. The summed E-state index contributed by atoms with van der Waals surface area (Å²) >= 11 is 1.47. The minimum absolute atomic E-state index is 0.299. The van der Waals surface area contributed by atoms with Gasteiger partial charge in [0.25, 0.3) is 0 Å². The van der Waals surface area contributed by atoms with Crippen LogP contribution in [0.4, 0.5) is 5.69 Å². The molecule has 0 fully saturated rings. The molecule has 3 nitrogen and oxygen atoms in total. The summed E-state index contributed by atoms with van der Waals surface area (Å²) in [6.45, 7) is 3.04. The second-order valence-corrected chi connectivity index (χ2v) is 5.96. The third-order valence-electron chi connectivity index (χ3n) is 3.22. The van der Waals surface area contributed by atoms with Crippen molar-refractivity contribution in [2.24, 2.45) is 5.73 Å². The maximum Gasteiger partial charge on any atom is 0.227 e. The Kier molecular flexibility index (Phi) is 5.69. The van der Waals surface area contributed by atoms with E-state index in [1.807, 2.05) is 30.3 Å². The molecule has 2 aromatic carbocycles. The smallest absolute Gasteiger partial charge is 0.227 e. The van der Waals surface area contributed by atoms with Crippen LogP contribution in [-0.2, 0) is 4.79 Å². The van der Waals surface area contributed by atoms with E-state index < -0.39 is 0 Å². The molecule has 0 bridgehead atoms. The first kappa shape index (κ1) is 15.4. The van der Waals surface area contributed by atoms with Crippen LogP contribution in [0, 0.1) is 0 Å². The van der Waals surface area contributed by atoms with E-state index in [1.54, 1.807) is 0 Å². The number of para-hydroxylation sites is 1. The van der Waals surface area contributed by atoms with Crippen molar-refractivity contribution in [3.8, 4) is 0 Å². The van der Waals surface area contributed by atoms with Gasteiger partial charge in [0.1, 0.15) is 0 Å². The minimum atomic E-state index is -0.299. The summed E-state index contributed by atoms with van der Waals surface area (Å²) in [6, 6.07) is 18.4. The number of anilines is 1. The molecule has 110 valence electrons. The second kappa shape index (κ2) is 7.74. The van der Waals surface area contributed by atoms with Crippen molar-refractivity contribution >= 4 is 23.4 Å². The molecule has 1 amide bonds. The summed E-state index contributed by atoms with van der Waals surface area (Å²) < 4.78 is 0. The number of hydrogen-bond acceptors (Lipinski definition) is 3. The Morgan fingerprint density at radius 1 is 1.14 bits per heavy atom. The number of hydrogen-bond donors (Lipinski definition) is 2. The average Bonchev–Trinajstić information content (AvgIpc) is 2.52. The van der Waals surface area contributed by atoms with Gasteiger partial charge in [-0.1, -0.05) is 49.4 Å². The van der Waals surface area contributed by atoms with Crippen LogP contribution in [-0.4, -0.2) is 18.2 Å². The van der Waals surface area contributed by atoms with E-state index >= 15 is 0 Å². The highest BCUT2D eigenvalue weighted by Gasteiger charge is 2.07. The van der Waals surface area contributed by atoms with Crippen LogP contribution in [0.15, 0.2) is 59.5 Å². The Bertz CT molecular complexity index is 586. The fourth-order valence-corrected chi connectivity index (χ4v) is 2.82. The number of thioether (sulfide) groups is 1. The van der Waals surface area contributed by atoms with E-state index in [-0.39, 0.29) is 5.91 Å². The Morgan fingerprint density at radius 2 is 1.81 bits per heavy atom. The molecule has 0 spiro atoms. The van der Waals surface area contributed by atoms with Gasteiger partial charge >= 0.3 is 0 Å². The normalized spacial score (nSPS) is 11.9. The number of carbonyl (C=O) groups is 1. The van der Waals surface area contributed by atoms with Gasteiger partial charge in [-0.2, -0.15) is 0 Å². The highest BCUT2D eigenvalue weighted by Crippen LogP contribution is 2.27. The van der Waals surface area contributed by atoms with Crippen LogP contribution in [0.5, 0.6) is 0 Å². The van der Waals surface area contributed by atoms with Crippen molar-refractivity contribution in [3.63, 3.8) is 0 Å². The van der Waals surface area contributed by atoms with E-state index in [2.05, 4.69) is 36.5 Å². The number of nitrogens with one attached hydrogen (secondary N) is 1. The highest BCUT2D eigenvalue weighted by molar-refractivity contribution is 8.00. The molecule has 2 rings (SSSR count). The first-order valence-corrected chi connectivity index (χ1v) is 7.94. The monoisotopic (exact) mass is 300 g/mol. The molecule has 3 N–H and O–H groups in total. The number of amides is 1. The topological polar surface area (TPSA) is 55.1 Å². The van der Waals surface area contributed by atoms with E-state index in [0.29, 0.717) is 11.7 Å². The van der Waals surface area contributed by atoms with Gasteiger partial charge in [-0.25, -0.2) is 0 Å². The Hall–Kier alpha value is -1.94. The van der Waals surface area contributed by atoms with Gasteiger partial charge in [0, 0.05) is 17.1 Å². The van der Waals surface area contributed by atoms with Crippen molar-refractivity contribution in [3.05, 3.63) is 60.2 Å². The summed E-state index contributed by atoms with van der Waals surface area (Å²) in [5.41, 5.74) is 7.57. The second-order valence-electron chi connectivity index (χ2n) is 4.94. The van der Waals surface area contributed by atoms with Crippen molar-refractivity contribution in [1.29, 1.82) is 0 Å². The van der Waals surface area contributed by atoms with Gasteiger partial charge < -0.3 is 11.1 Å². The van der Waals surface area contributed by atoms with Gasteiger partial charge in [-0.15, -0.1) is 11.8 Å². The van der Waals surface area contributed by atoms with Gasteiger partial charge in [-0.3, -0.25) is 4.79 Å². The predicted octanol–water partition coefficient (Wildman–Crippen LogP) is 3.48. The Balaban J connectivity index is 1.98. The standard InChI is InChI=1S/C17H20N2OS/c1-13(14-7-3-2-4-8-14)11-19-15-9-5-6-10-16(15)21-12-17(18)20/h2-10,13,19H,11-12H2,1H3,(H2,18,20)/t13-/m1/s1. The largest absolute Gasteiger partial charge is 0.384 e. The summed E-state index contributed by atoms with van der Waals surface area (Å²) in [6.07, 6.45) is 0. The first-order chi connectivity index (χ1) is 10.2. The Labute approximate surface area is 129 Å². The molecule has 0 aliphatic carbocycles. The van der Waals surface area contributed by atoms with E-state index in [0.717, 1.165) is 17.1 Å². The molecule has 21 heavy (non-hydrogen) atoms. The molecule has 4 heteroatoms. The number of benzene rings is 2. The third kappa shape index (κ3) is 4.83. The summed E-state index contributed by atoms with van der Waals surface area (Å²) in [5.74, 6) is 0.417. The van der Waals surface area contributed by atoms with Crippen molar-refractivity contribution in [2.45, 2.75) is 17.7 Å². The molecule has 0 aliphatic rings. The molecule has 0 aromatic heterocycles. The summed E-state index contributed by atoms with van der Waals surface area (Å²) in [4.78, 5) is 12.0. The molecule has 0 radical (unpaired) electrons. The van der Waals surface area contributed by atoms with Gasteiger partial charge in [0.2, 0.25) is 5.91 Å². The molecule has 2 aromatic rings. The molecule has 0 heterocycles. The lowest BCUT2D eigenvalue weighted by Crippen LogP contribution is -2.14. The Morgan fingerprint density at radius 3 is 2.52 bits per heavy atom. The number of carbonyl (C=O) groups excluding carboxylic acids is 1. The van der Waals surface area contributed by atoms with Crippen LogP contribution in [0.25, 0.3) is 0 Å². The molecule has 0 saturated heterocycles. The number of rotatable bonds is 7. The average molecular weight is 300 g/mol. The third-order valence-corrected chi connectivity index (χ3v) is 4.32. The zero-order chi connectivity index (χ0) is 15.1. The zero-order valence-corrected chi connectivity index (χ0v) is 12.9. The fourth-order valence-electron chi connectivity index (χ4n) is 2.05. The van der Waals surface area contributed by atoms with Crippen LogP contribution < -0.4 is 11.1 Å². The minimum Gasteiger partial charge on any atom is -0.384 e. The van der Waals surface area contributed by atoms with E-state index in [9.17, 15) is 4.79 Å². The molecule has 0 unspecified atom stereocenters. The fraction of sp³-hybridized carbons (Fsp3) is 0.235. The van der Waals surface area contributed by atoms with E-state index in [1.165, 1.54) is 17.3 Å². The SMILES string of the molecule is C[C@H](CNc1ccccc1SCC(N)=O)c1ccccc1. The van der Waals surface area contributed by atoms with E-state index in [4.69, 9.17) is 5.73 Å². The summed E-state index contributed by atoms with van der Waals surface area (Å²) in [5, 5.41) is 3.46. The zero-order valence-electron chi connectivity index (χ0n) is 12.1. The highest BCUT2D eigenvalue weighted by atomic mass is 32.2. The maximum absolute atomic E-state index is 10.9. The van der Waals surface area contributed by atoms with Crippen molar-refractivity contribution < 1.29 is 4.79 Å².